The molecule has 0 saturated carbocycles. The van der Waals surface area contributed by atoms with E-state index in [-0.39, 0.29) is 24.0 Å². The van der Waals surface area contributed by atoms with Crippen molar-refractivity contribution in [3.8, 4) is 28.8 Å². The first-order valence-electron chi connectivity index (χ1n) is 11.0. The summed E-state index contributed by atoms with van der Waals surface area (Å²) >= 11 is 0. The Morgan fingerprint density at radius 3 is 2.33 bits per heavy atom. The predicted octanol–water partition coefficient (Wildman–Crippen LogP) is 3.41. The molecule has 11 nitrogen and oxygen atoms in total. The van der Waals surface area contributed by atoms with E-state index in [1.165, 1.54) is 25.7 Å². The minimum absolute atomic E-state index is 0.0490. The van der Waals surface area contributed by atoms with Gasteiger partial charge < -0.3 is 13.9 Å². The third-order valence-electron chi connectivity index (χ3n) is 5.43. The Morgan fingerprint density at radius 1 is 1.08 bits per heavy atom. The normalized spacial score (nSPS) is 12.4. The Kier molecular flexibility index (Phi) is 7.20. The summed E-state index contributed by atoms with van der Waals surface area (Å²) in [4.78, 5) is 7.69. The number of nitrogens with one attached hydrogen (secondary N) is 1. The van der Waals surface area contributed by atoms with Gasteiger partial charge in [0.15, 0.2) is 11.6 Å². The van der Waals surface area contributed by atoms with Crippen LogP contribution in [-0.2, 0) is 22.9 Å². The number of furan rings is 1. The van der Waals surface area contributed by atoms with Crippen molar-refractivity contribution in [2.75, 3.05) is 18.9 Å². The Morgan fingerprint density at radius 2 is 1.75 bits per heavy atom. The molecule has 0 amide bonds. The number of benzene rings is 1. The van der Waals surface area contributed by atoms with Gasteiger partial charge in [0.1, 0.15) is 28.8 Å². The zero-order chi connectivity index (χ0) is 25.9. The first-order chi connectivity index (χ1) is 17.3. The molecule has 1 N–H and O–H groups in total. The lowest BCUT2D eigenvalue weighted by atomic mass is 10.2. The minimum atomic E-state index is -4.02. The molecule has 13 heteroatoms. The van der Waals surface area contributed by atoms with Gasteiger partial charge in [-0.15, -0.1) is 10.2 Å². The van der Waals surface area contributed by atoms with Crippen LogP contribution in [0.5, 0.6) is 11.5 Å². The number of rotatable bonds is 10. The van der Waals surface area contributed by atoms with Crippen LogP contribution in [0.3, 0.4) is 0 Å². The fourth-order valence-corrected chi connectivity index (χ4v) is 4.46. The van der Waals surface area contributed by atoms with E-state index in [0.29, 0.717) is 29.4 Å². The monoisotopic (exact) mass is 516 g/mol. The summed E-state index contributed by atoms with van der Waals surface area (Å²) in [5.74, 6) is 1.61. The maximum absolute atomic E-state index is 13.3. The summed E-state index contributed by atoms with van der Waals surface area (Å²) in [6.07, 6.45) is 2.58. The maximum atomic E-state index is 13.3. The van der Waals surface area contributed by atoms with Crippen LogP contribution in [0.15, 0.2) is 47.1 Å². The number of aromatic nitrogens is 5. The van der Waals surface area contributed by atoms with Crippen LogP contribution in [0.1, 0.15) is 25.4 Å². The van der Waals surface area contributed by atoms with Crippen molar-refractivity contribution in [2.24, 2.45) is 0 Å². The van der Waals surface area contributed by atoms with Crippen molar-refractivity contribution in [2.45, 2.75) is 31.9 Å². The number of para-hydroxylation sites is 1. The largest absolute Gasteiger partial charge is 0.494 e. The van der Waals surface area contributed by atoms with E-state index in [1.54, 1.807) is 24.3 Å². The number of ether oxygens (including phenoxy) is 2. The number of hydrogen-bond acceptors (Lipinski definition) is 9. The third kappa shape index (κ3) is 5.00. The van der Waals surface area contributed by atoms with Crippen LogP contribution in [0.2, 0.25) is 0 Å². The highest BCUT2D eigenvalue weighted by Gasteiger charge is 2.29. The van der Waals surface area contributed by atoms with E-state index in [4.69, 9.17) is 13.9 Å². The first-order valence-corrected chi connectivity index (χ1v) is 12.6. The van der Waals surface area contributed by atoms with Crippen LogP contribution < -0.4 is 14.2 Å². The molecule has 4 aromatic rings. The molecule has 0 saturated heterocycles. The second-order valence-corrected chi connectivity index (χ2v) is 9.89. The molecular formula is C23H25FN6O5S. The molecule has 190 valence electrons. The van der Waals surface area contributed by atoms with E-state index in [9.17, 15) is 12.8 Å². The van der Waals surface area contributed by atoms with Crippen LogP contribution in [-0.4, -0.2) is 52.6 Å². The zero-order valence-corrected chi connectivity index (χ0v) is 20.9. The summed E-state index contributed by atoms with van der Waals surface area (Å²) in [7, 11) is -1.05. The molecule has 3 aromatic heterocycles. The molecule has 4 rings (SSSR count). The van der Waals surface area contributed by atoms with E-state index in [2.05, 4.69) is 24.9 Å². The number of aryl methyl sites for hydroxylation is 1. The lowest BCUT2D eigenvalue weighted by Crippen LogP contribution is -2.29. The Bertz CT molecular complexity index is 1430. The SMILES string of the molecule is CCc1ccc(-c2nnc(NS(=O)(=O)[C@H](C)Cc3ncc(F)cn3)n2-c2c(OC)cccc2OC)o1. The van der Waals surface area contributed by atoms with Crippen molar-refractivity contribution < 1.29 is 26.7 Å². The molecule has 1 aromatic carbocycles. The molecule has 0 spiro atoms. The maximum Gasteiger partial charge on any atom is 0.243 e. The van der Waals surface area contributed by atoms with Crippen molar-refractivity contribution in [1.82, 2.24) is 24.7 Å². The van der Waals surface area contributed by atoms with Crippen LogP contribution in [0.4, 0.5) is 10.3 Å². The smallest absolute Gasteiger partial charge is 0.243 e. The average Bonchev–Trinajstić information content (AvgIpc) is 3.51. The van der Waals surface area contributed by atoms with Crippen molar-refractivity contribution in [3.63, 3.8) is 0 Å². The van der Waals surface area contributed by atoms with E-state index >= 15 is 0 Å². The van der Waals surface area contributed by atoms with Crippen molar-refractivity contribution in [3.05, 3.63) is 60.1 Å². The van der Waals surface area contributed by atoms with E-state index < -0.39 is 21.1 Å². The molecule has 0 bridgehead atoms. The van der Waals surface area contributed by atoms with Gasteiger partial charge in [-0.1, -0.05) is 13.0 Å². The molecule has 0 unspecified atom stereocenters. The zero-order valence-electron chi connectivity index (χ0n) is 20.1. The number of methoxy groups -OCH3 is 2. The fraction of sp³-hybridized carbons (Fsp3) is 0.304. The quantitative estimate of drug-likeness (QED) is 0.336. The molecule has 36 heavy (non-hydrogen) atoms. The summed E-state index contributed by atoms with van der Waals surface area (Å²) in [5, 5.41) is 7.34. The lowest BCUT2D eigenvalue weighted by Gasteiger charge is -2.18. The van der Waals surface area contributed by atoms with Crippen LogP contribution in [0.25, 0.3) is 17.3 Å². The van der Waals surface area contributed by atoms with E-state index in [1.807, 2.05) is 13.0 Å². The van der Waals surface area contributed by atoms with Crippen LogP contribution in [0, 0.1) is 5.82 Å². The average molecular weight is 517 g/mol. The van der Waals surface area contributed by atoms with Crippen LogP contribution >= 0.6 is 0 Å². The summed E-state index contributed by atoms with van der Waals surface area (Å²) in [6, 6.07) is 8.68. The minimum Gasteiger partial charge on any atom is -0.494 e. The second kappa shape index (κ2) is 10.3. The number of halogens is 1. The molecular weight excluding hydrogens is 491 g/mol. The third-order valence-corrected chi connectivity index (χ3v) is 7.12. The molecule has 0 aliphatic carbocycles. The fourth-order valence-electron chi connectivity index (χ4n) is 3.50. The molecule has 3 heterocycles. The first kappa shape index (κ1) is 25.1. The standard InChI is InChI=1S/C23H25FN6O5S/c1-5-16-9-10-19(35-16)22-27-28-23(30(22)21-17(33-3)7-6-8-18(21)34-4)29-36(31,32)14(2)11-20-25-12-15(24)13-26-20/h6-10,12-14H,5,11H2,1-4H3,(H,28,29)/t14-/m1/s1. The number of nitrogens with zero attached hydrogens (tertiary/aromatic N) is 5. The van der Waals surface area contributed by atoms with Crippen molar-refractivity contribution in [1.29, 1.82) is 0 Å². The van der Waals surface area contributed by atoms with Gasteiger partial charge in [0, 0.05) is 12.8 Å². The highest BCUT2D eigenvalue weighted by atomic mass is 32.2. The number of sulfonamides is 1. The van der Waals surface area contributed by atoms with Gasteiger partial charge >= 0.3 is 0 Å². The molecule has 0 aliphatic heterocycles. The summed E-state index contributed by atoms with van der Waals surface area (Å²) in [6.45, 7) is 3.43. The van der Waals surface area contributed by atoms with Crippen molar-refractivity contribution >= 4 is 16.0 Å². The second-order valence-electron chi connectivity index (χ2n) is 7.79. The van der Waals surface area contributed by atoms with Gasteiger partial charge in [-0.05, 0) is 31.2 Å². The van der Waals surface area contributed by atoms with E-state index in [0.717, 1.165) is 18.2 Å². The lowest BCUT2D eigenvalue weighted by molar-refractivity contribution is 0.391. The molecule has 0 fully saturated rings. The molecule has 0 radical (unpaired) electrons. The number of hydrogen-bond donors (Lipinski definition) is 1. The van der Waals surface area contributed by atoms with Gasteiger partial charge in [0.25, 0.3) is 0 Å². The topological polar surface area (TPSA) is 134 Å². The predicted molar refractivity (Wildman–Crippen MR) is 129 cm³/mol. The number of anilines is 1. The summed E-state index contributed by atoms with van der Waals surface area (Å²) < 4.78 is 60.6. The molecule has 1 atom stereocenters. The molecule has 0 aliphatic rings. The van der Waals surface area contributed by atoms with Gasteiger partial charge in [-0.3, -0.25) is 9.29 Å². The Labute approximate surface area is 207 Å². The van der Waals surface area contributed by atoms with Gasteiger partial charge in [-0.2, -0.15) is 0 Å². The Balaban J connectivity index is 1.79. The van der Waals surface area contributed by atoms with Gasteiger partial charge in [0.05, 0.1) is 31.9 Å². The highest BCUT2D eigenvalue weighted by molar-refractivity contribution is 7.93. The summed E-state index contributed by atoms with van der Waals surface area (Å²) in [5.41, 5.74) is 0.379. The highest BCUT2D eigenvalue weighted by Crippen LogP contribution is 2.38. The van der Waals surface area contributed by atoms with Gasteiger partial charge in [0.2, 0.25) is 21.8 Å². The van der Waals surface area contributed by atoms with Gasteiger partial charge in [-0.25, -0.2) is 22.8 Å². The Hall–Kier alpha value is -4.00.